The number of nitrogens with two attached hydrogens (primary N) is 1. The number of nitrogens with one attached hydrogen (secondary N) is 1. The number of anilines is 3. The predicted octanol–water partition coefficient (Wildman–Crippen LogP) is 2.87. The number of aromatic nitrogens is 1. The number of nitrogens with zero attached hydrogens (tertiary/aromatic N) is 1. The Bertz CT molecular complexity index is 602. The van der Waals surface area contributed by atoms with E-state index >= 15 is 0 Å². The second-order valence-corrected chi connectivity index (χ2v) is 4.42. The molecule has 0 saturated carbocycles. The van der Waals surface area contributed by atoms with Crippen LogP contribution in [0.2, 0.25) is 0 Å². The molecule has 1 heterocycles. The van der Waals surface area contributed by atoms with Crippen LogP contribution in [-0.4, -0.2) is 16.1 Å². The normalized spacial score (nSPS) is 10.1. The average molecular weight is 308 g/mol. The van der Waals surface area contributed by atoms with E-state index in [9.17, 15) is 4.79 Å². The Morgan fingerprint density at radius 3 is 2.72 bits per heavy atom. The lowest BCUT2D eigenvalue weighted by molar-refractivity contribution is 0.0698. The number of rotatable bonds is 3. The second kappa shape index (κ2) is 5.05. The number of benzene rings is 1. The second-order valence-electron chi connectivity index (χ2n) is 3.56. The summed E-state index contributed by atoms with van der Waals surface area (Å²) in [7, 11) is 0. The molecule has 0 fully saturated rings. The van der Waals surface area contributed by atoms with Crippen LogP contribution in [0.1, 0.15) is 10.4 Å². The fraction of sp³-hybridized carbons (Fsp3) is 0. The molecule has 18 heavy (non-hydrogen) atoms. The van der Waals surface area contributed by atoms with E-state index < -0.39 is 5.97 Å². The highest BCUT2D eigenvalue weighted by Crippen LogP contribution is 2.27. The minimum Gasteiger partial charge on any atom is -0.478 e. The highest BCUT2D eigenvalue weighted by molar-refractivity contribution is 9.10. The number of carboxylic acid groups (broad SMARTS) is 1. The van der Waals surface area contributed by atoms with Crippen molar-refractivity contribution in [3.8, 4) is 0 Å². The van der Waals surface area contributed by atoms with E-state index in [0.717, 1.165) is 10.2 Å². The largest absolute Gasteiger partial charge is 0.478 e. The van der Waals surface area contributed by atoms with Crippen molar-refractivity contribution in [1.29, 1.82) is 0 Å². The first-order valence-electron chi connectivity index (χ1n) is 5.08. The van der Waals surface area contributed by atoms with Crippen molar-refractivity contribution in [2.75, 3.05) is 11.1 Å². The number of halogens is 1. The molecule has 6 heteroatoms. The fourth-order valence-corrected chi connectivity index (χ4v) is 1.84. The quantitative estimate of drug-likeness (QED) is 0.811. The van der Waals surface area contributed by atoms with Gasteiger partial charge in [-0.05, 0) is 34.1 Å². The van der Waals surface area contributed by atoms with Crippen molar-refractivity contribution in [3.05, 3.63) is 46.6 Å². The SMILES string of the molecule is Nc1cc(C(=O)O)c(Nc2ccccc2Br)cn1. The first kappa shape index (κ1) is 12.4. The lowest BCUT2D eigenvalue weighted by atomic mass is 10.2. The molecular formula is C12H10BrN3O2. The molecule has 0 aliphatic rings. The smallest absolute Gasteiger partial charge is 0.338 e. The summed E-state index contributed by atoms with van der Waals surface area (Å²) in [4.78, 5) is 15.0. The number of pyridine rings is 1. The minimum atomic E-state index is -1.06. The molecule has 5 nitrogen and oxygen atoms in total. The first-order valence-corrected chi connectivity index (χ1v) is 5.87. The molecule has 0 aliphatic carbocycles. The number of carbonyl (C=O) groups is 1. The van der Waals surface area contributed by atoms with E-state index in [1.807, 2.05) is 24.3 Å². The lowest BCUT2D eigenvalue weighted by Gasteiger charge is -2.11. The molecule has 1 aromatic carbocycles. The van der Waals surface area contributed by atoms with Crippen molar-refractivity contribution in [2.24, 2.45) is 0 Å². The number of para-hydroxylation sites is 1. The van der Waals surface area contributed by atoms with Crippen LogP contribution >= 0.6 is 15.9 Å². The van der Waals surface area contributed by atoms with Gasteiger partial charge in [-0.1, -0.05) is 12.1 Å². The standard InChI is InChI=1S/C12H10BrN3O2/c13-8-3-1-2-4-9(8)16-10-6-15-11(14)5-7(10)12(17)18/h1-6,16H,(H2,14,15)(H,17,18). The van der Waals surface area contributed by atoms with E-state index in [-0.39, 0.29) is 11.4 Å². The van der Waals surface area contributed by atoms with Crippen LogP contribution < -0.4 is 11.1 Å². The van der Waals surface area contributed by atoms with Gasteiger partial charge in [0.15, 0.2) is 0 Å². The molecule has 0 saturated heterocycles. The summed E-state index contributed by atoms with van der Waals surface area (Å²) >= 11 is 3.37. The zero-order valence-corrected chi connectivity index (χ0v) is 10.8. The molecule has 0 aliphatic heterocycles. The summed E-state index contributed by atoms with van der Waals surface area (Å²) in [6, 6.07) is 8.72. The molecule has 2 aromatic rings. The van der Waals surface area contributed by atoms with Gasteiger partial charge in [-0.25, -0.2) is 9.78 Å². The molecular weight excluding hydrogens is 298 g/mol. The zero-order chi connectivity index (χ0) is 13.1. The Kier molecular flexibility index (Phi) is 3.47. The summed E-state index contributed by atoms with van der Waals surface area (Å²) in [6.07, 6.45) is 1.40. The summed E-state index contributed by atoms with van der Waals surface area (Å²) in [5.74, 6) is -0.885. The van der Waals surface area contributed by atoms with Crippen molar-refractivity contribution in [2.45, 2.75) is 0 Å². The van der Waals surface area contributed by atoms with E-state index in [0.29, 0.717) is 5.69 Å². The topological polar surface area (TPSA) is 88.2 Å². The predicted molar refractivity (Wildman–Crippen MR) is 73.0 cm³/mol. The minimum absolute atomic E-state index is 0.0817. The van der Waals surface area contributed by atoms with Gasteiger partial charge in [-0.2, -0.15) is 0 Å². The maximum absolute atomic E-state index is 11.1. The third-order valence-corrected chi connectivity index (χ3v) is 2.99. The van der Waals surface area contributed by atoms with Crippen LogP contribution in [0, 0.1) is 0 Å². The molecule has 0 atom stereocenters. The third kappa shape index (κ3) is 2.60. The van der Waals surface area contributed by atoms with Crippen molar-refractivity contribution >= 4 is 39.1 Å². The average Bonchev–Trinajstić information content (AvgIpc) is 2.34. The molecule has 2 rings (SSSR count). The van der Waals surface area contributed by atoms with Gasteiger partial charge in [-0.3, -0.25) is 0 Å². The van der Waals surface area contributed by atoms with E-state index in [1.54, 1.807) is 0 Å². The Labute approximate surface area is 112 Å². The van der Waals surface area contributed by atoms with Crippen LogP contribution in [0.15, 0.2) is 41.0 Å². The Balaban J connectivity index is 2.41. The van der Waals surface area contributed by atoms with Gasteiger partial charge in [0.2, 0.25) is 0 Å². The van der Waals surface area contributed by atoms with Crippen LogP contribution in [0.3, 0.4) is 0 Å². The lowest BCUT2D eigenvalue weighted by Crippen LogP contribution is -2.05. The fourth-order valence-electron chi connectivity index (χ4n) is 1.46. The van der Waals surface area contributed by atoms with E-state index in [2.05, 4.69) is 26.2 Å². The molecule has 4 N–H and O–H groups in total. The molecule has 0 unspecified atom stereocenters. The first-order chi connectivity index (χ1) is 8.58. The Hall–Kier alpha value is -2.08. The number of carboxylic acids is 1. The van der Waals surface area contributed by atoms with Crippen LogP contribution in [0.5, 0.6) is 0 Å². The molecule has 92 valence electrons. The van der Waals surface area contributed by atoms with Crippen molar-refractivity contribution in [1.82, 2.24) is 4.98 Å². The van der Waals surface area contributed by atoms with Gasteiger partial charge in [-0.15, -0.1) is 0 Å². The zero-order valence-electron chi connectivity index (χ0n) is 9.22. The molecule has 0 amide bonds. The van der Waals surface area contributed by atoms with Gasteiger partial charge in [0.25, 0.3) is 0 Å². The Morgan fingerprint density at radius 1 is 1.33 bits per heavy atom. The molecule has 1 aromatic heterocycles. The van der Waals surface area contributed by atoms with Gasteiger partial charge in [0, 0.05) is 4.47 Å². The number of hydrogen-bond acceptors (Lipinski definition) is 4. The van der Waals surface area contributed by atoms with E-state index in [4.69, 9.17) is 10.8 Å². The van der Waals surface area contributed by atoms with Crippen LogP contribution in [0.25, 0.3) is 0 Å². The monoisotopic (exact) mass is 307 g/mol. The third-order valence-electron chi connectivity index (χ3n) is 2.30. The summed E-state index contributed by atoms with van der Waals surface area (Å²) < 4.78 is 0.832. The highest BCUT2D eigenvalue weighted by atomic mass is 79.9. The maximum Gasteiger partial charge on any atom is 0.338 e. The van der Waals surface area contributed by atoms with Crippen molar-refractivity contribution in [3.63, 3.8) is 0 Å². The molecule has 0 radical (unpaired) electrons. The van der Waals surface area contributed by atoms with Crippen molar-refractivity contribution < 1.29 is 9.90 Å². The maximum atomic E-state index is 11.1. The van der Waals surface area contributed by atoms with Crippen LogP contribution in [-0.2, 0) is 0 Å². The Morgan fingerprint density at radius 2 is 2.06 bits per heavy atom. The van der Waals surface area contributed by atoms with Gasteiger partial charge in [0.1, 0.15) is 5.82 Å². The number of hydrogen-bond donors (Lipinski definition) is 3. The van der Waals surface area contributed by atoms with Gasteiger partial charge in [0.05, 0.1) is 23.1 Å². The van der Waals surface area contributed by atoms with Crippen LogP contribution in [0.4, 0.5) is 17.2 Å². The van der Waals surface area contributed by atoms with E-state index in [1.165, 1.54) is 12.3 Å². The molecule has 0 spiro atoms. The highest BCUT2D eigenvalue weighted by Gasteiger charge is 2.12. The number of aromatic carboxylic acids is 1. The summed E-state index contributed by atoms with van der Waals surface area (Å²) in [5, 5.41) is 12.1. The molecule has 0 bridgehead atoms. The number of nitrogen functional groups attached to an aromatic ring is 1. The summed E-state index contributed by atoms with van der Waals surface area (Å²) in [6.45, 7) is 0. The van der Waals surface area contributed by atoms with Gasteiger partial charge < -0.3 is 16.2 Å². The van der Waals surface area contributed by atoms with Gasteiger partial charge >= 0.3 is 5.97 Å². The summed E-state index contributed by atoms with van der Waals surface area (Å²) in [5.41, 5.74) is 6.71.